The highest BCUT2D eigenvalue weighted by Gasteiger charge is 2.15. The van der Waals surface area contributed by atoms with Gasteiger partial charge in [0.05, 0.1) is 0 Å². The van der Waals surface area contributed by atoms with E-state index in [2.05, 4.69) is 86.0 Å². The van der Waals surface area contributed by atoms with Crippen LogP contribution in [-0.4, -0.2) is 19.1 Å². The molecule has 0 aliphatic carbocycles. The molecule has 0 aliphatic rings. The van der Waals surface area contributed by atoms with E-state index in [1.165, 1.54) is 17.7 Å². The fourth-order valence-corrected chi connectivity index (χ4v) is 2.84. The second-order valence-electron chi connectivity index (χ2n) is 6.40. The lowest BCUT2D eigenvalue weighted by molar-refractivity contribution is 0.502. The molecule has 0 spiro atoms. The van der Waals surface area contributed by atoms with E-state index in [-0.39, 0.29) is 0 Å². The molecule has 1 aromatic rings. The van der Waals surface area contributed by atoms with E-state index in [1.807, 2.05) is 0 Å². The van der Waals surface area contributed by atoms with Crippen LogP contribution in [0.15, 0.2) is 22.7 Å². The Morgan fingerprint density at radius 2 is 1.80 bits per heavy atom. The summed E-state index contributed by atoms with van der Waals surface area (Å²) in [6.45, 7) is 12.2. The summed E-state index contributed by atoms with van der Waals surface area (Å²) < 4.78 is 1.15. The van der Waals surface area contributed by atoms with Gasteiger partial charge in [-0.25, -0.2) is 0 Å². The van der Waals surface area contributed by atoms with Gasteiger partial charge >= 0.3 is 0 Å². The standard InChI is InChI=1S/C17H29BrN2/c1-12(2)9-14(5)20(6)17-8-7-16(18)10-15(17)11-19-13(3)4/h7-8,10,12-14,19H,9,11H2,1-6H3. The summed E-state index contributed by atoms with van der Waals surface area (Å²) >= 11 is 3.58. The van der Waals surface area contributed by atoms with Gasteiger partial charge in [-0.1, -0.05) is 43.6 Å². The van der Waals surface area contributed by atoms with Crippen LogP contribution < -0.4 is 10.2 Å². The first-order chi connectivity index (χ1) is 9.31. The molecule has 1 unspecified atom stereocenters. The molecule has 0 radical (unpaired) electrons. The van der Waals surface area contributed by atoms with Crippen LogP contribution in [0, 0.1) is 5.92 Å². The first-order valence-electron chi connectivity index (χ1n) is 7.56. The second-order valence-corrected chi connectivity index (χ2v) is 7.31. The van der Waals surface area contributed by atoms with Crippen molar-refractivity contribution >= 4 is 21.6 Å². The van der Waals surface area contributed by atoms with Gasteiger partial charge < -0.3 is 10.2 Å². The molecule has 1 rings (SSSR count). The molecule has 1 aromatic carbocycles. The van der Waals surface area contributed by atoms with Crippen molar-refractivity contribution in [3.63, 3.8) is 0 Å². The third-order valence-electron chi connectivity index (χ3n) is 3.60. The lowest BCUT2D eigenvalue weighted by Crippen LogP contribution is -2.32. The van der Waals surface area contributed by atoms with E-state index >= 15 is 0 Å². The molecule has 0 aromatic heterocycles. The van der Waals surface area contributed by atoms with Gasteiger partial charge in [-0.15, -0.1) is 0 Å². The lowest BCUT2D eigenvalue weighted by Gasteiger charge is -2.30. The minimum atomic E-state index is 0.500. The Labute approximate surface area is 133 Å². The Morgan fingerprint density at radius 3 is 2.35 bits per heavy atom. The predicted molar refractivity (Wildman–Crippen MR) is 93.4 cm³/mol. The van der Waals surface area contributed by atoms with Crippen LogP contribution in [0.2, 0.25) is 0 Å². The summed E-state index contributed by atoms with van der Waals surface area (Å²) in [5, 5.41) is 3.52. The number of rotatable bonds is 7. The Hall–Kier alpha value is -0.540. The summed E-state index contributed by atoms with van der Waals surface area (Å²) in [7, 11) is 2.20. The molecule has 0 aliphatic heterocycles. The third-order valence-corrected chi connectivity index (χ3v) is 4.09. The molecular formula is C17H29BrN2. The molecule has 0 bridgehead atoms. The Balaban J connectivity index is 2.91. The minimum Gasteiger partial charge on any atom is -0.372 e. The van der Waals surface area contributed by atoms with Crippen molar-refractivity contribution in [1.82, 2.24) is 5.32 Å². The average Bonchev–Trinajstić information content (AvgIpc) is 2.34. The zero-order valence-electron chi connectivity index (χ0n) is 13.7. The second kappa shape index (κ2) is 8.04. The van der Waals surface area contributed by atoms with Crippen molar-refractivity contribution in [2.75, 3.05) is 11.9 Å². The zero-order valence-corrected chi connectivity index (χ0v) is 15.3. The van der Waals surface area contributed by atoms with Gasteiger partial charge in [0.25, 0.3) is 0 Å². The molecule has 0 amide bonds. The highest BCUT2D eigenvalue weighted by molar-refractivity contribution is 9.10. The molecule has 0 saturated carbocycles. The normalized spacial score (nSPS) is 13.1. The number of halogens is 1. The maximum atomic E-state index is 3.58. The van der Waals surface area contributed by atoms with Crippen molar-refractivity contribution in [1.29, 1.82) is 0 Å². The Morgan fingerprint density at radius 1 is 1.15 bits per heavy atom. The van der Waals surface area contributed by atoms with Crippen LogP contribution in [0.4, 0.5) is 5.69 Å². The average molecular weight is 341 g/mol. The molecule has 2 nitrogen and oxygen atoms in total. The highest BCUT2D eigenvalue weighted by atomic mass is 79.9. The largest absolute Gasteiger partial charge is 0.372 e. The summed E-state index contributed by atoms with van der Waals surface area (Å²) in [5.41, 5.74) is 2.68. The van der Waals surface area contributed by atoms with Gasteiger partial charge in [-0.3, -0.25) is 0 Å². The number of nitrogens with zero attached hydrogens (tertiary/aromatic N) is 1. The maximum absolute atomic E-state index is 3.58. The topological polar surface area (TPSA) is 15.3 Å². The van der Waals surface area contributed by atoms with Crippen LogP contribution in [-0.2, 0) is 6.54 Å². The number of nitrogens with one attached hydrogen (secondary N) is 1. The Bertz CT molecular complexity index is 415. The first kappa shape index (κ1) is 17.5. The van der Waals surface area contributed by atoms with Crippen molar-refractivity contribution in [2.45, 2.75) is 59.7 Å². The van der Waals surface area contributed by atoms with Crippen LogP contribution >= 0.6 is 15.9 Å². The van der Waals surface area contributed by atoms with E-state index in [4.69, 9.17) is 0 Å². The summed E-state index contributed by atoms with van der Waals surface area (Å²) in [6, 6.07) is 7.63. The molecule has 1 atom stereocenters. The van der Waals surface area contributed by atoms with Crippen molar-refractivity contribution in [2.24, 2.45) is 5.92 Å². The van der Waals surface area contributed by atoms with Crippen LogP contribution in [0.1, 0.15) is 46.6 Å². The van der Waals surface area contributed by atoms with E-state index in [0.717, 1.165) is 16.9 Å². The lowest BCUT2D eigenvalue weighted by atomic mass is 10.0. The smallest absolute Gasteiger partial charge is 0.0412 e. The number of anilines is 1. The molecule has 20 heavy (non-hydrogen) atoms. The number of benzene rings is 1. The van der Waals surface area contributed by atoms with Gasteiger partial charge in [0, 0.05) is 35.8 Å². The molecule has 1 N–H and O–H groups in total. The molecular weight excluding hydrogens is 312 g/mol. The zero-order chi connectivity index (χ0) is 15.3. The van der Waals surface area contributed by atoms with Crippen molar-refractivity contribution in [3.8, 4) is 0 Å². The van der Waals surface area contributed by atoms with E-state index in [0.29, 0.717) is 12.1 Å². The summed E-state index contributed by atoms with van der Waals surface area (Å²) in [4.78, 5) is 2.41. The predicted octanol–water partition coefficient (Wildman–Crippen LogP) is 4.82. The molecule has 0 heterocycles. The Kier molecular flexibility index (Phi) is 7.04. The van der Waals surface area contributed by atoms with Crippen LogP contribution in [0.3, 0.4) is 0 Å². The van der Waals surface area contributed by atoms with Gasteiger partial charge in [0.15, 0.2) is 0 Å². The fraction of sp³-hybridized carbons (Fsp3) is 0.647. The molecule has 3 heteroatoms. The van der Waals surface area contributed by atoms with E-state index < -0.39 is 0 Å². The quantitative estimate of drug-likeness (QED) is 0.765. The van der Waals surface area contributed by atoms with Gasteiger partial charge in [0.2, 0.25) is 0 Å². The minimum absolute atomic E-state index is 0.500. The number of hydrogen-bond donors (Lipinski definition) is 1. The summed E-state index contributed by atoms with van der Waals surface area (Å²) in [5.74, 6) is 0.722. The third kappa shape index (κ3) is 5.45. The first-order valence-corrected chi connectivity index (χ1v) is 8.35. The van der Waals surface area contributed by atoms with Crippen LogP contribution in [0.5, 0.6) is 0 Å². The molecule has 0 fully saturated rings. The highest BCUT2D eigenvalue weighted by Crippen LogP contribution is 2.26. The van der Waals surface area contributed by atoms with Crippen molar-refractivity contribution < 1.29 is 0 Å². The SMILES string of the molecule is CC(C)CC(C)N(C)c1ccc(Br)cc1CNC(C)C. The van der Waals surface area contributed by atoms with Crippen LogP contribution in [0.25, 0.3) is 0 Å². The van der Waals surface area contributed by atoms with Gasteiger partial charge in [0.1, 0.15) is 0 Å². The van der Waals surface area contributed by atoms with E-state index in [9.17, 15) is 0 Å². The molecule has 114 valence electrons. The molecule has 0 saturated heterocycles. The van der Waals surface area contributed by atoms with Crippen molar-refractivity contribution in [3.05, 3.63) is 28.2 Å². The summed E-state index contributed by atoms with van der Waals surface area (Å²) in [6.07, 6.45) is 1.21. The van der Waals surface area contributed by atoms with Gasteiger partial charge in [-0.2, -0.15) is 0 Å². The van der Waals surface area contributed by atoms with E-state index in [1.54, 1.807) is 0 Å². The fourth-order valence-electron chi connectivity index (χ4n) is 2.43. The monoisotopic (exact) mass is 340 g/mol. The number of hydrogen-bond acceptors (Lipinski definition) is 2. The van der Waals surface area contributed by atoms with Gasteiger partial charge in [-0.05, 0) is 43.0 Å². The maximum Gasteiger partial charge on any atom is 0.0412 e.